The number of alkyl carbamates (subject to hydrolysis) is 1. The third kappa shape index (κ3) is 6.91. The molecular formula is C22H30FNO5. The standard InChI is InChI=1S/C22H30FNO5/c1-22(2,3)29-21(26)24-18(12-14-4-10-17(11-5-14)27-13-23)20(25)28-19(15-6-7-15)16-8-9-16/h4-5,10-11,15-16,18-19H,6-9,12-13H2,1-3H3,(H,24,26)/t18-/m1/s1/i23+0. The smallest absolute Gasteiger partial charge is 0.408 e. The molecule has 7 heteroatoms. The molecule has 0 unspecified atom stereocenters. The van der Waals surface area contributed by atoms with Crippen LogP contribution >= 0.6 is 0 Å². The average Bonchev–Trinajstić information content (AvgIpc) is 3.53. The van der Waals surface area contributed by atoms with Gasteiger partial charge >= 0.3 is 12.1 Å². The SMILES string of the molecule is CC(C)(C)OC(=O)N[C@H](Cc1ccc(OC[19F])cc1)C(=O)OC(C1CC1)C1CC1. The van der Waals surface area contributed by atoms with E-state index in [-0.39, 0.29) is 12.5 Å². The van der Waals surface area contributed by atoms with E-state index < -0.39 is 30.6 Å². The van der Waals surface area contributed by atoms with Gasteiger partial charge in [-0.05, 0) is 76.0 Å². The Morgan fingerprint density at radius 2 is 1.69 bits per heavy atom. The van der Waals surface area contributed by atoms with Gasteiger partial charge in [-0.3, -0.25) is 0 Å². The monoisotopic (exact) mass is 407 g/mol. The highest BCUT2D eigenvalue weighted by Crippen LogP contribution is 2.46. The molecule has 2 saturated carbocycles. The molecule has 1 aromatic rings. The molecule has 1 N–H and O–H groups in total. The summed E-state index contributed by atoms with van der Waals surface area (Å²) in [5, 5.41) is 2.66. The minimum atomic E-state index is -0.905. The van der Waals surface area contributed by atoms with Crippen LogP contribution in [0.5, 0.6) is 5.75 Å². The summed E-state index contributed by atoms with van der Waals surface area (Å²) < 4.78 is 28.2. The van der Waals surface area contributed by atoms with E-state index in [1.54, 1.807) is 45.0 Å². The molecule has 6 nitrogen and oxygen atoms in total. The summed E-state index contributed by atoms with van der Waals surface area (Å²) in [5.41, 5.74) is 0.123. The topological polar surface area (TPSA) is 73.9 Å². The molecule has 160 valence electrons. The number of carbonyl (C=O) groups is 2. The predicted octanol–water partition coefficient (Wildman–Crippen LogP) is 4.16. The normalized spacial score (nSPS) is 17.6. The van der Waals surface area contributed by atoms with Crippen molar-refractivity contribution in [1.82, 2.24) is 5.32 Å². The summed E-state index contributed by atoms with van der Waals surface area (Å²) in [6.45, 7) is 4.39. The molecule has 0 heterocycles. The minimum absolute atomic E-state index is 0.0502. The van der Waals surface area contributed by atoms with Gasteiger partial charge in [-0.15, -0.1) is 0 Å². The summed E-state index contributed by atoms with van der Waals surface area (Å²) in [6, 6.07) is 5.87. The number of rotatable bonds is 9. The van der Waals surface area contributed by atoms with Crippen molar-refractivity contribution in [3.8, 4) is 5.75 Å². The first-order valence-electron chi connectivity index (χ1n) is 10.2. The average molecular weight is 407 g/mol. The first kappa shape index (κ1) is 21.4. The molecule has 0 saturated heterocycles. The van der Waals surface area contributed by atoms with Gasteiger partial charge in [-0.25, -0.2) is 14.0 Å². The molecule has 1 amide bonds. The number of hydrogen-bond donors (Lipinski definition) is 1. The number of alkyl halides is 1. The van der Waals surface area contributed by atoms with Crippen molar-refractivity contribution in [2.75, 3.05) is 6.86 Å². The van der Waals surface area contributed by atoms with E-state index in [1.807, 2.05) is 0 Å². The van der Waals surface area contributed by atoms with Gasteiger partial charge in [0.1, 0.15) is 23.5 Å². The van der Waals surface area contributed by atoms with E-state index in [0.29, 0.717) is 17.6 Å². The van der Waals surface area contributed by atoms with Crippen LogP contribution in [0.4, 0.5) is 9.18 Å². The number of esters is 1. The zero-order chi connectivity index (χ0) is 21.0. The summed E-state index contributed by atoms with van der Waals surface area (Å²) >= 11 is 0. The van der Waals surface area contributed by atoms with Crippen LogP contribution in [-0.2, 0) is 20.7 Å². The van der Waals surface area contributed by atoms with Crippen molar-refractivity contribution in [2.24, 2.45) is 11.8 Å². The number of carbonyl (C=O) groups excluding carboxylic acids is 2. The van der Waals surface area contributed by atoms with Gasteiger partial charge in [0.15, 0.2) is 0 Å². The second kappa shape index (κ2) is 9.01. The second-order valence-corrected chi connectivity index (χ2v) is 8.88. The first-order valence-corrected chi connectivity index (χ1v) is 10.2. The molecule has 0 aromatic heterocycles. The molecule has 0 bridgehead atoms. The lowest BCUT2D eigenvalue weighted by atomic mass is 10.1. The maximum absolute atomic E-state index is 12.9. The van der Waals surface area contributed by atoms with Gasteiger partial charge in [0.25, 0.3) is 0 Å². The van der Waals surface area contributed by atoms with Crippen LogP contribution in [0.1, 0.15) is 52.0 Å². The lowest BCUT2D eigenvalue weighted by molar-refractivity contribution is -0.154. The number of nitrogens with one attached hydrogen (secondary N) is 1. The highest BCUT2D eigenvalue weighted by atomic mass is 19.1. The van der Waals surface area contributed by atoms with Crippen LogP contribution in [-0.4, -0.2) is 36.7 Å². The zero-order valence-corrected chi connectivity index (χ0v) is 17.3. The summed E-state index contributed by atoms with van der Waals surface area (Å²) in [5.74, 6) is 0.860. The molecule has 2 aliphatic carbocycles. The van der Waals surface area contributed by atoms with E-state index in [9.17, 15) is 14.0 Å². The van der Waals surface area contributed by atoms with E-state index >= 15 is 0 Å². The molecule has 0 radical (unpaired) electrons. The molecular weight excluding hydrogens is 377 g/mol. The molecule has 0 spiro atoms. The molecule has 0 aliphatic heterocycles. The number of halogens is 1. The van der Waals surface area contributed by atoms with Gasteiger partial charge in [0.05, 0.1) is 0 Å². The number of hydrogen-bond acceptors (Lipinski definition) is 5. The molecule has 2 fully saturated rings. The zero-order valence-electron chi connectivity index (χ0n) is 17.3. The Kier molecular flexibility index (Phi) is 6.65. The van der Waals surface area contributed by atoms with Crippen molar-refractivity contribution in [3.05, 3.63) is 29.8 Å². The van der Waals surface area contributed by atoms with Crippen molar-refractivity contribution >= 4 is 12.1 Å². The third-order valence-corrected chi connectivity index (χ3v) is 4.99. The largest absolute Gasteiger partial charge is 0.463 e. The van der Waals surface area contributed by atoms with Crippen LogP contribution in [0.15, 0.2) is 24.3 Å². The summed E-state index contributed by atoms with van der Waals surface area (Å²) in [4.78, 5) is 25.2. The third-order valence-electron chi connectivity index (χ3n) is 4.99. The quantitative estimate of drug-likeness (QED) is 0.622. The highest BCUT2D eigenvalue weighted by molar-refractivity contribution is 5.82. The molecule has 1 atom stereocenters. The minimum Gasteiger partial charge on any atom is -0.463 e. The van der Waals surface area contributed by atoms with Crippen LogP contribution in [0, 0.1) is 11.8 Å². The van der Waals surface area contributed by atoms with Gasteiger partial charge in [0.2, 0.25) is 6.86 Å². The number of ether oxygens (including phenoxy) is 3. The number of amides is 1. The highest BCUT2D eigenvalue weighted by Gasteiger charge is 2.45. The Labute approximate surface area is 171 Å². The van der Waals surface area contributed by atoms with Crippen LogP contribution in [0.3, 0.4) is 0 Å². The molecule has 1 aromatic carbocycles. The second-order valence-electron chi connectivity index (χ2n) is 8.88. The fourth-order valence-electron chi connectivity index (χ4n) is 3.31. The van der Waals surface area contributed by atoms with Crippen LogP contribution in [0.25, 0.3) is 0 Å². The fourth-order valence-corrected chi connectivity index (χ4v) is 3.31. The molecule has 3 rings (SSSR count). The van der Waals surface area contributed by atoms with E-state index in [4.69, 9.17) is 14.2 Å². The first-order chi connectivity index (χ1) is 13.7. The van der Waals surface area contributed by atoms with Gasteiger partial charge in [0, 0.05) is 6.42 Å². The summed E-state index contributed by atoms with van der Waals surface area (Å²) in [6.07, 6.45) is 3.90. The molecule has 29 heavy (non-hydrogen) atoms. The van der Waals surface area contributed by atoms with Crippen molar-refractivity contribution < 1.29 is 28.2 Å². The van der Waals surface area contributed by atoms with E-state index in [2.05, 4.69) is 5.32 Å². The Morgan fingerprint density at radius 3 is 2.17 bits per heavy atom. The molecule has 2 aliphatic rings. The van der Waals surface area contributed by atoms with Crippen molar-refractivity contribution in [1.29, 1.82) is 0 Å². The maximum atomic E-state index is 12.9. The Balaban J connectivity index is 1.67. The lowest BCUT2D eigenvalue weighted by Gasteiger charge is -2.25. The van der Waals surface area contributed by atoms with Crippen LogP contribution < -0.4 is 10.1 Å². The lowest BCUT2D eigenvalue weighted by Crippen LogP contribution is -2.46. The Bertz CT molecular complexity index is 695. The van der Waals surface area contributed by atoms with Gasteiger partial charge in [-0.2, -0.15) is 0 Å². The van der Waals surface area contributed by atoms with Gasteiger partial charge < -0.3 is 19.5 Å². The number of benzene rings is 1. The summed E-state index contributed by atoms with van der Waals surface area (Å²) in [7, 11) is 0. The maximum Gasteiger partial charge on any atom is 0.408 e. The van der Waals surface area contributed by atoms with Crippen molar-refractivity contribution in [3.63, 3.8) is 0 Å². The van der Waals surface area contributed by atoms with Crippen LogP contribution in [0.2, 0.25) is 0 Å². The Morgan fingerprint density at radius 1 is 1.10 bits per heavy atom. The van der Waals surface area contributed by atoms with Crippen molar-refractivity contribution in [2.45, 2.75) is 70.6 Å². The van der Waals surface area contributed by atoms with E-state index in [1.165, 1.54) is 0 Å². The van der Waals surface area contributed by atoms with E-state index in [0.717, 1.165) is 31.2 Å². The fraction of sp³-hybridized carbons (Fsp3) is 0.636. The van der Waals surface area contributed by atoms with Gasteiger partial charge in [-0.1, -0.05) is 12.1 Å². The Hall–Kier alpha value is -2.31. The predicted molar refractivity (Wildman–Crippen MR) is 105 cm³/mol.